The highest BCUT2D eigenvalue weighted by atomic mass is 35.5. The number of ether oxygens (including phenoxy) is 1. The third kappa shape index (κ3) is 4.35. The van der Waals surface area contributed by atoms with Crippen LogP contribution in [0.3, 0.4) is 0 Å². The van der Waals surface area contributed by atoms with Gasteiger partial charge in [0.1, 0.15) is 17.2 Å². The van der Waals surface area contributed by atoms with Crippen LogP contribution in [-0.2, 0) is 19.2 Å². The molecule has 2 aliphatic carbocycles. The number of imide groups is 2. The predicted molar refractivity (Wildman–Crippen MR) is 167 cm³/mol. The van der Waals surface area contributed by atoms with Crippen molar-refractivity contribution >= 4 is 63.9 Å². The number of rotatable bonds is 5. The van der Waals surface area contributed by atoms with E-state index in [9.17, 15) is 47.6 Å². The molecule has 6 atom stereocenters. The van der Waals surface area contributed by atoms with E-state index in [0.29, 0.717) is 0 Å². The van der Waals surface area contributed by atoms with Gasteiger partial charge in [0.05, 0.1) is 29.6 Å². The molecule has 3 fully saturated rings. The average Bonchev–Trinajstić information content (AvgIpc) is 3.44. The van der Waals surface area contributed by atoms with E-state index < -0.39 is 109 Å². The van der Waals surface area contributed by atoms with E-state index in [1.54, 1.807) is 0 Å². The summed E-state index contributed by atoms with van der Waals surface area (Å²) in [6, 6.07) is 8.37. The number of carbonyl (C=O) groups is 4. The summed E-state index contributed by atoms with van der Waals surface area (Å²) in [5.74, 6) is -23.6. The van der Waals surface area contributed by atoms with Gasteiger partial charge in [-0.25, -0.2) is 26.9 Å². The van der Waals surface area contributed by atoms with Crippen molar-refractivity contribution in [3.8, 4) is 11.5 Å². The van der Waals surface area contributed by atoms with Gasteiger partial charge in [-0.2, -0.15) is 0 Å². The minimum Gasteiger partial charge on any atom is -0.508 e. The molecular formula is C33H20Cl2F5N3O8. The summed E-state index contributed by atoms with van der Waals surface area (Å²) in [5, 5.41) is 22.4. The summed E-state index contributed by atoms with van der Waals surface area (Å²) in [5.41, 5.74) is -2.45. The number of nitro benzene ring substituents is 1. The fourth-order valence-electron chi connectivity index (χ4n) is 7.86. The first-order valence-corrected chi connectivity index (χ1v) is 15.7. The van der Waals surface area contributed by atoms with Crippen molar-refractivity contribution in [1.29, 1.82) is 0 Å². The molecule has 7 rings (SSSR count). The summed E-state index contributed by atoms with van der Waals surface area (Å²) in [6.45, 7) is 0. The van der Waals surface area contributed by atoms with Crippen LogP contribution in [0.4, 0.5) is 39.0 Å². The van der Waals surface area contributed by atoms with Gasteiger partial charge in [0.25, 0.3) is 17.5 Å². The molecule has 18 heteroatoms. The van der Waals surface area contributed by atoms with E-state index in [2.05, 4.69) is 0 Å². The van der Waals surface area contributed by atoms with Crippen LogP contribution in [0.25, 0.3) is 0 Å². The maximum Gasteiger partial charge on any atom is 0.269 e. The molecule has 2 saturated heterocycles. The number of halogens is 7. The van der Waals surface area contributed by atoms with Gasteiger partial charge in [-0.05, 0) is 43.0 Å². The molecule has 264 valence electrons. The molecule has 11 nitrogen and oxygen atoms in total. The topological polar surface area (TPSA) is 147 Å². The van der Waals surface area contributed by atoms with Crippen LogP contribution >= 0.6 is 23.2 Å². The number of aromatic hydroxyl groups is 1. The third-order valence-electron chi connectivity index (χ3n) is 10.1. The van der Waals surface area contributed by atoms with Crippen LogP contribution in [-0.4, -0.2) is 50.5 Å². The number of non-ortho nitro benzene ring substituents is 1. The number of anilines is 2. The Bertz CT molecular complexity index is 2140. The smallest absolute Gasteiger partial charge is 0.269 e. The number of carbonyl (C=O) groups excluding carboxylic acids is 4. The molecule has 51 heavy (non-hydrogen) atoms. The Balaban J connectivity index is 1.43. The molecule has 2 heterocycles. The number of hydrogen-bond acceptors (Lipinski definition) is 8. The Kier molecular flexibility index (Phi) is 7.72. The van der Waals surface area contributed by atoms with Gasteiger partial charge in [0.2, 0.25) is 17.6 Å². The molecular weight excluding hydrogens is 732 g/mol. The Hall–Kier alpha value is -5.09. The van der Waals surface area contributed by atoms with Crippen molar-refractivity contribution < 1.29 is 55.9 Å². The number of methoxy groups -OCH3 is 1. The van der Waals surface area contributed by atoms with Gasteiger partial charge in [-0.3, -0.25) is 34.2 Å². The first-order valence-electron chi connectivity index (χ1n) is 15.0. The molecule has 4 aliphatic rings. The normalized spacial score (nSPS) is 28.4. The first kappa shape index (κ1) is 34.4. The summed E-state index contributed by atoms with van der Waals surface area (Å²) >= 11 is 14.2. The summed E-state index contributed by atoms with van der Waals surface area (Å²) in [6.07, 6.45) is 0.524. The monoisotopic (exact) mass is 751 g/mol. The minimum absolute atomic E-state index is 0.0156. The van der Waals surface area contributed by atoms with Gasteiger partial charge < -0.3 is 9.84 Å². The first-order chi connectivity index (χ1) is 24.0. The van der Waals surface area contributed by atoms with Crippen molar-refractivity contribution in [2.45, 2.75) is 28.5 Å². The van der Waals surface area contributed by atoms with Crippen molar-refractivity contribution in [3.05, 3.63) is 98.9 Å². The maximum atomic E-state index is 15.2. The number of nitrogens with zero attached hydrogens (tertiary/aromatic N) is 3. The number of fused-ring (bicyclic) bond motifs is 4. The SMILES string of the molecule is COc1cccc(O)c1C1C2=CCC3C(=O)N(c4ccc([N+](=O)[O-])cc4)C(=O)C3C2CC2(Cl)C(=O)N(c3c(F)c(F)c(F)c(F)c3F)C(=O)C12Cl. The molecule has 0 radical (unpaired) electrons. The van der Waals surface area contributed by atoms with Crippen LogP contribution in [0.2, 0.25) is 0 Å². The van der Waals surface area contributed by atoms with E-state index >= 15 is 8.78 Å². The van der Waals surface area contributed by atoms with Crippen LogP contribution in [0, 0.1) is 57.0 Å². The number of amides is 4. The second kappa shape index (κ2) is 11.5. The van der Waals surface area contributed by atoms with Gasteiger partial charge in [-0.15, -0.1) is 23.2 Å². The molecule has 1 saturated carbocycles. The van der Waals surface area contributed by atoms with Crippen molar-refractivity contribution in [2.24, 2.45) is 17.8 Å². The van der Waals surface area contributed by atoms with E-state index in [4.69, 9.17) is 27.9 Å². The summed E-state index contributed by atoms with van der Waals surface area (Å²) < 4.78 is 78.8. The molecule has 0 aromatic heterocycles. The van der Waals surface area contributed by atoms with Crippen molar-refractivity contribution in [3.63, 3.8) is 0 Å². The molecule has 0 bridgehead atoms. The second-order valence-electron chi connectivity index (χ2n) is 12.4. The Morgan fingerprint density at radius 3 is 2.06 bits per heavy atom. The van der Waals surface area contributed by atoms with Crippen molar-refractivity contribution in [2.75, 3.05) is 16.9 Å². The van der Waals surface area contributed by atoms with E-state index in [0.717, 1.165) is 23.1 Å². The van der Waals surface area contributed by atoms with Crippen LogP contribution < -0.4 is 14.5 Å². The lowest BCUT2D eigenvalue weighted by molar-refractivity contribution is -0.384. The van der Waals surface area contributed by atoms with E-state index in [1.807, 2.05) is 0 Å². The molecule has 4 amide bonds. The zero-order chi connectivity index (χ0) is 37.1. The van der Waals surface area contributed by atoms with E-state index in [1.165, 1.54) is 37.5 Å². The fraction of sp³-hybridized carbons (Fsp3) is 0.273. The fourth-order valence-corrected chi connectivity index (χ4v) is 8.78. The molecule has 1 N–H and O–H groups in total. The minimum atomic E-state index is -2.86. The van der Waals surface area contributed by atoms with Crippen LogP contribution in [0.1, 0.15) is 24.3 Å². The van der Waals surface area contributed by atoms with Gasteiger partial charge >= 0.3 is 0 Å². The largest absolute Gasteiger partial charge is 0.508 e. The number of hydrogen-bond donors (Lipinski definition) is 1. The zero-order valence-corrected chi connectivity index (χ0v) is 27.1. The lowest BCUT2D eigenvalue weighted by Crippen LogP contribution is -2.60. The van der Waals surface area contributed by atoms with Gasteiger partial charge in [0.15, 0.2) is 33.0 Å². The molecule has 3 aromatic rings. The molecule has 0 spiro atoms. The predicted octanol–water partition coefficient (Wildman–Crippen LogP) is 5.77. The lowest BCUT2D eigenvalue weighted by Gasteiger charge is -2.50. The zero-order valence-electron chi connectivity index (χ0n) is 25.6. The second-order valence-corrected chi connectivity index (χ2v) is 13.6. The summed E-state index contributed by atoms with van der Waals surface area (Å²) in [4.78, 5) is 61.9. The highest BCUT2D eigenvalue weighted by Crippen LogP contribution is 2.67. The average molecular weight is 752 g/mol. The number of alkyl halides is 2. The Morgan fingerprint density at radius 1 is 0.863 bits per heavy atom. The number of benzene rings is 3. The Morgan fingerprint density at radius 2 is 1.47 bits per heavy atom. The van der Waals surface area contributed by atoms with Gasteiger partial charge in [-0.1, -0.05) is 17.7 Å². The molecule has 2 aliphatic heterocycles. The Labute approximate surface area is 292 Å². The quantitative estimate of drug-likeness (QED) is 0.0505. The highest BCUT2D eigenvalue weighted by molar-refractivity contribution is 6.58. The van der Waals surface area contributed by atoms with Crippen LogP contribution in [0.15, 0.2) is 54.1 Å². The summed E-state index contributed by atoms with van der Waals surface area (Å²) in [7, 11) is 1.18. The standard InChI is InChI=1S/C33H20Cl2F5N3O8/c1-51-18-4-2-3-17(44)20(18)21-14-9-10-15-19(29(46)41(28(15)45)12-5-7-13(8-6-12)43(49)50)16(14)11-32(34)30(47)42(31(48)33(21,32)35)27-25(39)23(37)22(36)24(38)26(27)40/h2-9,15-16,19,21,44H,10-11H2,1H3. The van der Waals surface area contributed by atoms with Gasteiger partial charge in [0, 0.05) is 23.6 Å². The number of phenolic OH excluding ortho intramolecular Hbond substituents is 1. The van der Waals surface area contributed by atoms with E-state index in [-0.39, 0.29) is 39.6 Å². The van der Waals surface area contributed by atoms with Crippen molar-refractivity contribution in [1.82, 2.24) is 0 Å². The van der Waals surface area contributed by atoms with Crippen LogP contribution in [0.5, 0.6) is 11.5 Å². The maximum absolute atomic E-state index is 15.2. The lowest BCUT2D eigenvalue weighted by atomic mass is 9.56. The third-order valence-corrected chi connectivity index (χ3v) is 11.5. The molecule has 6 unspecified atom stereocenters. The highest BCUT2D eigenvalue weighted by Gasteiger charge is 2.77. The number of nitro groups is 1. The number of allylic oxidation sites excluding steroid dienone is 2. The molecule has 3 aromatic carbocycles. The number of phenols is 1.